The van der Waals surface area contributed by atoms with Crippen LogP contribution in [0.4, 0.5) is 0 Å². The largest absolute Gasteiger partial charge is 0.497 e. The Labute approximate surface area is 109 Å². The molecule has 0 saturated heterocycles. The summed E-state index contributed by atoms with van der Waals surface area (Å²) in [6, 6.07) is 6.01. The second-order valence-corrected chi connectivity index (χ2v) is 5.20. The maximum atomic E-state index is 5.96. The van der Waals surface area contributed by atoms with Gasteiger partial charge in [-0.3, -0.25) is 0 Å². The van der Waals surface area contributed by atoms with Crippen molar-refractivity contribution < 1.29 is 9.47 Å². The molecule has 0 aromatic heterocycles. The van der Waals surface area contributed by atoms with Crippen molar-refractivity contribution in [2.45, 2.75) is 32.4 Å². The van der Waals surface area contributed by atoms with Gasteiger partial charge in [0.1, 0.15) is 11.5 Å². The third-order valence-electron chi connectivity index (χ3n) is 2.77. The first kappa shape index (κ1) is 14.8. The Morgan fingerprint density at radius 2 is 1.94 bits per heavy atom. The van der Waals surface area contributed by atoms with Gasteiger partial charge in [-0.25, -0.2) is 0 Å². The lowest BCUT2D eigenvalue weighted by atomic mass is 10.0. The fourth-order valence-corrected chi connectivity index (χ4v) is 1.70. The fraction of sp³-hybridized carbons (Fsp3) is 0.571. The van der Waals surface area contributed by atoms with Crippen LogP contribution in [0.25, 0.3) is 0 Å². The quantitative estimate of drug-likeness (QED) is 0.814. The van der Waals surface area contributed by atoms with E-state index in [1.807, 2.05) is 32.0 Å². The molecule has 1 atom stereocenters. The van der Waals surface area contributed by atoms with Crippen LogP contribution in [0, 0.1) is 0 Å². The molecule has 102 valence electrons. The van der Waals surface area contributed by atoms with Gasteiger partial charge in [-0.2, -0.15) is 0 Å². The van der Waals surface area contributed by atoms with E-state index in [0.717, 1.165) is 23.6 Å². The maximum Gasteiger partial charge on any atom is 0.127 e. The van der Waals surface area contributed by atoms with Crippen LogP contribution in [-0.2, 0) is 0 Å². The zero-order chi connectivity index (χ0) is 13.8. The van der Waals surface area contributed by atoms with E-state index in [1.54, 1.807) is 14.2 Å². The second-order valence-electron chi connectivity index (χ2n) is 5.20. The molecule has 4 heteroatoms. The predicted octanol–water partition coefficient (Wildman–Crippen LogP) is 2.09. The van der Waals surface area contributed by atoms with Crippen molar-refractivity contribution in [3.8, 4) is 11.5 Å². The van der Waals surface area contributed by atoms with Gasteiger partial charge in [0, 0.05) is 29.8 Å². The Kier molecular flexibility index (Phi) is 4.99. The molecule has 1 unspecified atom stereocenters. The smallest absolute Gasteiger partial charge is 0.127 e. The molecule has 3 N–H and O–H groups in total. The van der Waals surface area contributed by atoms with Crippen LogP contribution in [0.3, 0.4) is 0 Å². The van der Waals surface area contributed by atoms with Gasteiger partial charge in [-0.1, -0.05) is 6.07 Å². The maximum absolute atomic E-state index is 5.96. The Morgan fingerprint density at radius 1 is 1.28 bits per heavy atom. The van der Waals surface area contributed by atoms with E-state index >= 15 is 0 Å². The van der Waals surface area contributed by atoms with Gasteiger partial charge in [-0.15, -0.1) is 0 Å². The fourth-order valence-electron chi connectivity index (χ4n) is 1.70. The minimum Gasteiger partial charge on any atom is -0.497 e. The molecular formula is C14H24N2O2. The van der Waals surface area contributed by atoms with E-state index in [9.17, 15) is 0 Å². The minimum atomic E-state index is -0.228. The first-order valence-corrected chi connectivity index (χ1v) is 6.11. The van der Waals surface area contributed by atoms with Crippen LogP contribution in [0.15, 0.2) is 18.2 Å². The number of rotatable bonds is 6. The van der Waals surface area contributed by atoms with E-state index in [0.29, 0.717) is 0 Å². The molecule has 1 aromatic rings. The van der Waals surface area contributed by atoms with Crippen molar-refractivity contribution in [2.75, 3.05) is 20.8 Å². The van der Waals surface area contributed by atoms with Gasteiger partial charge in [0.2, 0.25) is 0 Å². The van der Waals surface area contributed by atoms with Crippen molar-refractivity contribution in [2.24, 2.45) is 5.73 Å². The SMILES string of the molecule is COc1ccc(C(C)NCC(C)(C)N)c(OC)c1. The number of benzene rings is 1. The van der Waals surface area contributed by atoms with Crippen LogP contribution in [0.1, 0.15) is 32.4 Å². The number of hydrogen-bond acceptors (Lipinski definition) is 4. The van der Waals surface area contributed by atoms with Crippen molar-refractivity contribution in [3.05, 3.63) is 23.8 Å². The highest BCUT2D eigenvalue weighted by atomic mass is 16.5. The standard InChI is InChI=1S/C14H24N2O2/c1-10(16-9-14(2,3)15)12-7-6-11(17-4)8-13(12)18-5/h6-8,10,16H,9,15H2,1-5H3. The Balaban J connectivity index is 2.81. The van der Waals surface area contributed by atoms with E-state index < -0.39 is 0 Å². The molecular weight excluding hydrogens is 228 g/mol. The first-order valence-electron chi connectivity index (χ1n) is 6.11. The predicted molar refractivity (Wildman–Crippen MR) is 74.2 cm³/mol. The molecule has 0 aliphatic carbocycles. The monoisotopic (exact) mass is 252 g/mol. The zero-order valence-electron chi connectivity index (χ0n) is 11.9. The second kappa shape index (κ2) is 6.07. The summed E-state index contributed by atoms with van der Waals surface area (Å²) in [6.07, 6.45) is 0. The van der Waals surface area contributed by atoms with Gasteiger partial charge in [0.15, 0.2) is 0 Å². The lowest BCUT2D eigenvalue weighted by Gasteiger charge is -2.24. The molecule has 18 heavy (non-hydrogen) atoms. The lowest BCUT2D eigenvalue weighted by molar-refractivity contribution is 0.380. The summed E-state index contributed by atoms with van der Waals surface area (Å²) in [4.78, 5) is 0. The highest BCUT2D eigenvalue weighted by Crippen LogP contribution is 2.29. The highest BCUT2D eigenvalue weighted by molar-refractivity contribution is 5.42. The van der Waals surface area contributed by atoms with Gasteiger partial charge in [-0.05, 0) is 26.8 Å². The molecule has 0 bridgehead atoms. The van der Waals surface area contributed by atoms with Gasteiger partial charge < -0.3 is 20.5 Å². The van der Waals surface area contributed by atoms with Crippen LogP contribution in [0.5, 0.6) is 11.5 Å². The Morgan fingerprint density at radius 3 is 2.44 bits per heavy atom. The van der Waals surface area contributed by atoms with E-state index in [4.69, 9.17) is 15.2 Å². The van der Waals surface area contributed by atoms with Crippen molar-refractivity contribution in [3.63, 3.8) is 0 Å². The van der Waals surface area contributed by atoms with Gasteiger partial charge >= 0.3 is 0 Å². The van der Waals surface area contributed by atoms with Crippen LogP contribution in [-0.4, -0.2) is 26.3 Å². The summed E-state index contributed by atoms with van der Waals surface area (Å²) in [7, 11) is 3.31. The molecule has 0 aliphatic heterocycles. The molecule has 4 nitrogen and oxygen atoms in total. The molecule has 0 saturated carbocycles. The molecule has 0 fully saturated rings. The Bertz CT molecular complexity index is 386. The van der Waals surface area contributed by atoms with E-state index in [-0.39, 0.29) is 11.6 Å². The third-order valence-corrected chi connectivity index (χ3v) is 2.77. The average Bonchev–Trinajstić information content (AvgIpc) is 2.34. The molecule has 0 radical (unpaired) electrons. The lowest BCUT2D eigenvalue weighted by Crippen LogP contribution is -2.43. The molecule has 0 spiro atoms. The Hall–Kier alpha value is -1.26. The zero-order valence-corrected chi connectivity index (χ0v) is 11.9. The number of hydrogen-bond donors (Lipinski definition) is 2. The van der Waals surface area contributed by atoms with Crippen LogP contribution < -0.4 is 20.5 Å². The first-order chi connectivity index (χ1) is 8.37. The topological polar surface area (TPSA) is 56.5 Å². The summed E-state index contributed by atoms with van der Waals surface area (Å²) in [6.45, 7) is 6.83. The normalized spacial score (nSPS) is 13.2. The molecule has 0 aliphatic rings. The summed E-state index contributed by atoms with van der Waals surface area (Å²) in [5.74, 6) is 1.62. The van der Waals surface area contributed by atoms with E-state index in [2.05, 4.69) is 12.2 Å². The minimum absolute atomic E-state index is 0.175. The van der Waals surface area contributed by atoms with Crippen molar-refractivity contribution in [1.29, 1.82) is 0 Å². The van der Waals surface area contributed by atoms with Crippen molar-refractivity contribution in [1.82, 2.24) is 5.32 Å². The number of nitrogens with two attached hydrogens (primary N) is 1. The summed E-state index contributed by atoms with van der Waals surface area (Å²) in [5.41, 5.74) is 6.84. The average molecular weight is 252 g/mol. The molecule has 0 amide bonds. The van der Waals surface area contributed by atoms with Gasteiger partial charge in [0.05, 0.1) is 14.2 Å². The summed E-state index contributed by atoms with van der Waals surface area (Å²) in [5, 5.41) is 3.41. The van der Waals surface area contributed by atoms with Crippen molar-refractivity contribution >= 4 is 0 Å². The number of ether oxygens (including phenoxy) is 2. The van der Waals surface area contributed by atoms with E-state index in [1.165, 1.54) is 0 Å². The summed E-state index contributed by atoms with van der Waals surface area (Å²) >= 11 is 0. The molecule has 1 rings (SSSR count). The highest BCUT2D eigenvalue weighted by Gasteiger charge is 2.16. The number of methoxy groups -OCH3 is 2. The molecule has 0 heterocycles. The molecule has 1 aromatic carbocycles. The summed E-state index contributed by atoms with van der Waals surface area (Å²) < 4.78 is 10.6. The van der Waals surface area contributed by atoms with Crippen LogP contribution in [0.2, 0.25) is 0 Å². The third kappa shape index (κ3) is 4.20. The van der Waals surface area contributed by atoms with Crippen LogP contribution >= 0.6 is 0 Å². The number of nitrogens with one attached hydrogen (secondary N) is 1. The van der Waals surface area contributed by atoms with Gasteiger partial charge in [0.25, 0.3) is 0 Å².